The SMILES string of the molecule is ONC(=Nc1ccccc1)c1ccccn1. The van der Waals surface area contributed by atoms with E-state index in [1.54, 1.807) is 18.3 Å². The number of para-hydroxylation sites is 1. The number of amidine groups is 1. The Morgan fingerprint density at radius 3 is 2.44 bits per heavy atom. The molecule has 0 spiro atoms. The van der Waals surface area contributed by atoms with Crippen LogP contribution in [0, 0.1) is 0 Å². The molecule has 0 aliphatic carbocycles. The topological polar surface area (TPSA) is 57.5 Å². The van der Waals surface area contributed by atoms with E-state index >= 15 is 0 Å². The fourth-order valence-corrected chi connectivity index (χ4v) is 1.27. The van der Waals surface area contributed by atoms with Crippen molar-refractivity contribution >= 4 is 11.5 Å². The second-order valence-corrected chi connectivity index (χ2v) is 3.12. The number of pyridine rings is 1. The van der Waals surface area contributed by atoms with Gasteiger partial charge in [0.25, 0.3) is 0 Å². The van der Waals surface area contributed by atoms with E-state index in [-0.39, 0.29) is 0 Å². The highest BCUT2D eigenvalue weighted by atomic mass is 16.5. The maximum absolute atomic E-state index is 9.02. The number of benzene rings is 1. The summed E-state index contributed by atoms with van der Waals surface area (Å²) < 4.78 is 0. The molecule has 1 aromatic carbocycles. The summed E-state index contributed by atoms with van der Waals surface area (Å²) in [6.07, 6.45) is 1.65. The summed E-state index contributed by atoms with van der Waals surface area (Å²) >= 11 is 0. The Kier molecular flexibility index (Phi) is 3.25. The molecular weight excluding hydrogens is 202 g/mol. The van der Waals surface area contributed by atoms with Crippen molar-refractivity contribution in [2.24, 2.45) is 4.99 Å². The van der Waals surface area contributed by atoms with Gasteiger partial charge in [0.05, 0.1) is 5.69 Å². The van der Waals surface area contributed by atoms with E-state index in [1.165, 1.54) is 0 Å². The van der Waals surface area contributed by atoms with E-state index in [9.17, 15) is 0 Å². The molecule has 0 fully saturated rings. The van der Waals surface area contributed by atoms with Crippen LogP contribution in [0.3, 0.4) is 0 Å². The average Bonchev–Trinajstić information content (AvgIpc) is 2.38. The molecule has 0 aliphatic rings. The van der Waals surface area contributed by atoms with Crippen LogP contribution >= 0.6 is 0 Å². The van der Waals surface area contributed by atoms with Crippen LogP contribution in [0.2, 0.25) is 0 Å². The molecule has 1 aromatic heterocycles. The standard InChI is InChI=1S/C12H11N3O/c16-15-12(11-8-4-5-9-13-11)14-10-6-2-1-3-7-10/h1-9,16H,(H,14,15). The Morgan fingerprint density at radius 2 is 1.81 bits per heavy atom. The average molecular weight is 213 g/mol. The van der Waals surface area contributed by atoms with Gasteiger partial charge in [-0.2, -0.15) is 0 Å². The Morgan fingerprint density at radius 1 is 1.06 bits per heavy atom. The lowest BCUT2D eigenvalue weighted by molar-refractivity contribution is 0.235. The van der Waals surface area contributed by atoms with Crippen molar-refractivity contribution in [2.45, 2.75) is 0 Å². The number of aromatic nitrogens is 1. The highest BCUT2D eigenvalue weighted by Gasteiger charge is 2.02. The van der Waals surface area contributed by atoms with Gasteiger partial charge in [0.2, 0.25) is 0 Å². The van der Waals surface area contributed by atoms with E-state index in [0.29, 0.717) is 11.5 Å². The molecular formula is C12H11N3O. The van der Waals surface area contributed by atoms with Gasteiger partial charge in [0.1, 0.15) is 5.69 Å². The molecule has 0 saturated heterocycles. The molecule has 0 radical (unpaired) electrons. The third-order valence-corrected chi connectivity index (χ3v) is 2.01. The summed E-state index contributed by atoms with van der Waals surface area (Å²) in [4.78, 5) is 8.33. The van der Waals surface area contributed by atoms with Crippen molar-refractivity contribution in [3.05, 3.63) is 60.4 Å². The molecule has 80 valence electrons. The van der Waals surface area contributed by atoms with E-state index in [2.05, 4.69) is 15.5 Å². The lowest BCUT2D eigenvalue weighted by Gasteiger charge is -2.03. The normalized spacial score (nSPS) is 11.2. The number of hydroxylamine groups is 1. The van der Waals surface area contributed by atoms with E-state index < -0.39 is 0 Å². The van der Waals surface area contributed by atoms with Crippen LogP contribution in [0.1, 0.15) is 5.69 Å². The zero-order valence-corrected chi connectivity index (χ0v) is 8.54. The van der Waals surface area contributed by atoms with Crippen molar-refractivity contribution in [1.29, 1.82) is 0 Å². The molecule has 0 bridgehead atoms. The summed E-state index contributed by atoms with van der Waals surface area (Å²) in [6, 6.07) is 14.8. The third-order valence-electron chi connectivity index (χ3n) is 2.01. The summed E-state index contributed by atoms with van der Waals surface area (Å²) in [5.74, 6) is 0.326. The minimum atomic E-state index is 0.326. The van der Waals surface area contributed by atoms with Crippen molar-refractivity contribution in [1.82, 2.24) is 10.5 Å². The maximum atomic E-state index is 9.02. The first-order valence-electron chi connectivity index (χ1n) is 4.85. The predicted octanol–water partition coefficient (Wildman–Crippen LogP) is 2.14. The third kappa shape index (κ3) is 2.43. The van der Waals surface area contributed by atoms with Crippen LogP contribution in [-0.4, -0.2) is 16.0 Å². The van der Waals surface area contributed by atoms with Gasteiger partial charge in [-0.15, -0.1) is 0 Å². The van der Waals surface area contributed by atoms with Gasteiger partial charge in [-0.1, -0.05) is 24.3 Å². The maximum Gasteiger partial charge on any atom is 0.176 e. The van der Waals surface area contributed by atoms with Crippen LogP contribution in [0.5, 0.6) is 0 Å². The first-order chi connectivity index (χ1) is 7.90. The zero-order chi connectivity index (χ0) is 11.2. The highest BCUT2D eigenvalue weighted by molar-refractivity contribution is 5.97. The molecule has 16 heavy (non-hydrogen) atoms. The zero-order valence-electron chi connectivity index (χ0n) is 8.54. The second kappa shape index (κ2) is 5.04. The van der Waals surface area contributed by atoms with E-state index in [4.69, 9.17) is 5.21 Å². The Labute approximate surface area is 93.3 Å². The number of nitrogens with one attached hydrogen (secondary N) is 1. The number of hydrogen-bond acceptors (Lipinski definition) is 3. The summed E-state index contributed by atoms with van der Waals surface area (Å²) in [7, 11) is 0. The number of aliphatic imine (C=N–C) groups is 1. The monoisotopic (exact) mass is 213 g/mol. The van der Waals surface area contributed by atoms with Gasteiger partial charge >= 0.3 is 0 Å². The van der Waals surface area contributed by atoms with Crippen LogP contribution in [-0.2, 0) is 0 Å². The molecule has 2 aromatic rings. The molecule has 0 saturated carbocycles. The smallest absolute Gasteiger partial charge is 0.176 e. The lowest BCUT2D eigenvalue weighted by Crippen LogP contribution is -2.21. The first kappa shape index (κ1) is 10.3. The molecule has 2 rings (SSSR count). The van der Waals surface area contributed by atoms with Crippen LogP contribution in [0.4, 0.5) is 5.69 Å². The Balaban J connectivity index is 2.34. The van der Waals surface area contributed by atoms with Crippen molar-refractivity contribution in [2.75, 3.05) is 0 Å². The van der Waals surface area contributed by atoms with Gasteiger partial charge in [-0.05, 0) is 24.3 Å². The fourth-order valence-electron chi connectivity index (χ4n) is 1.27. The van der Waals surface area contributed by atoms with Gasteiger partial charge in [0, 0.05) is 6.20 Å². The van der Waals surface area contributed by atoms with Crippen molar-refractivity contribution in [3.63, 3.8) is 0 Å². The lowest BCUT2D eigenvalue weighted by atomic mass is 10.3. The van der Waals surface area contributed by atoms with Crippen LogP contribution in [0.15, 0.2) is 59.7 Å². The summed E-state index contributed by atoms with van der Waals surface area (Å²) in [5, 5.41) is 9.02. The quantitative estimate of drug-likeness (QED) is 0.456. The second-order valence-electron chi connectivity index (χ2n) is 3.12. The van der Waals surface area contributed by atoms with Gasteiger partial charge in [-0.3, -0.25) is 15.7 Å². The van der Waals surface area contributed by atoms with Crippen molar-refractivity contribution < 1.29 is 5.21 Å². The molecule has 4 heteroatoms. The largest absolute Gasteiger partial charge is 0.290 e. The molecule has 0 unspecified atom stereocenters. The minimum absolute atomic E-state index is 0.326. The Bertz CT molecular complexity index is 468. The van der Waals surface area contributed by atoms with Crippen LogP contribution < -0.4 is 5.48 Å². The Hall–Kier alpha value is -2.20. The van der Waals surface area contributed by atoms with Crippen molar-refractivity contribution in [3.8, 4) is 0 Å². The highest BCUT2D eigenvalue weighted by Crippen LogP contribution is 2.11. The molecule has 1 heterocycles. The molecule has 0 amide bonds. The van der Waals surface area contributed by atoms with E-state index in [0.717, 1.165) is 5.69 Å². The van der Waals surface area contributed by atoms with Gasteiger partial charge in [0.15, 0.2) is 5.84 Å². The van der Waals surface area contributed by atoms with Gasteiger partial charge in [-0.25, -0.2) is 4.99 Å². The number of hydrogen-bond donors (Lipinski definition) is 2. The number of rotatable bonds is 2. The minimum Gasteiger partial charge on any atom is -0.290 e. The molecule has 2 N–H and O–H groups in total. The summed E-state index contributed by atoms with van der Waals surface area (Å²) in [6.45, 7) is 0. The number of nitrogens with zero attached hydrogens (tertiary/aromatic N) is 2. The summed E-state index contributed by atoms with van der Waals surface area (Å²) in [5.41, 5.74) is 3.40. The fraction of sp³-hybridized carbons (Fsp3) is 0. The molecule has 0 aliphatic heterocycles. The molecule has 0 atom stereocenters. The predicted molar refractivity (Wildman–Crippen MR) is 61.8 cm³/mol. The van der Waals surface area contributed by atoms with E-state index in [1.807, 2.05) is 36.4 Å². The van der Waals surface area contributed by atoms with Gasteiger partial charge < -0.3 is 0 Å². The molecule has 4 nitrogen and oxygen atoms in total. The first-order valence-corrected chi connectivity index (χ1v) is 4.85. The van der Waals surface area contributed by atoms with Crippen LogP contribution in [0.25, 0.3) is 0 Å².